The molecule has 0 N–H and O–H groups in total. The molecule has 1 aliphatic heterocycles. The van der Waals surface area contributed by atoms with E-state index in [1.165, 1.54) is 41.6 Å². The Balaban J connectivity index is 1.65. The number of nitrogens with zero attached hydrogens (tertiary/aromatic N) is 2. The molecule has 1 saturated heterocycles. The number of aromatic nitrogens is 1. The smallest absolute Gasteiger partial charge is 0.0535 e. The average Bonchev–Trinajstić information content (AvgIpc) is 3.21. The lowest BCUT2D eigenvalue weighted by atomic mass is 9.82. The van der Waals surface area contributed by atoms with Gasteiger partial charge in [-0.2, -0.15) is 11.3 Å². The largest absolute Gasteiger partial charge is 0.381 e. The fourth-order valence-electron chi connectivity index (χ4n) is 4.04. The first-order valence-electron chi connectivity index (χ1n) is 9.76. The molecule has 2 aromatic heterocycles. The Bertz CT molecular complexity index is 727. The van der Waals surface area contributed by atoms with E-state index in [2.05, 4.69) is 60.5 Å². The Labute approximate surface area is 162 Å². The average molecular weight is 373 g/mol. The minimum Gasteiger partial charge on any atom is -0.381 e. The molecule has 0 spiro atoms. The molecule has 0 amide bonds. The number of ether oxygens (including phenoxy) is 1. The SMILES string of the molecule is CCOC[C@@]1(CCc2cscc2C)CCN(Cc2ccc(C)nc2C)C1. The number of aryl methyl sites for hydroxylation is 4. The molecule has 142 valence electrons. The highest BCUT2D eigenvalue weighted by molar-refractivity contribution is 7.08. The van der Waals surface area contributed by atoms with Crippen molar-refractivity contribution >= 4 is 11.3 Å². The molecule has 0 saturated carbocycles. The van der Waals surface area contributed by atoms with Crippen molar-refractivity contribution in [1.29, 1.82) is 0 Å². The van der Waals surface area contributed by atoms with Gasteiger partial charge >= 0.3 is 0 Å². The summed E-state index contributed by atoms with van der Waals surface area (Å²) >= 11 is 1.82. The lowest BCUT2D eigenvalue weighted by molar-refractivity contribution is 0.0489. The molecule has 3 heterocycles. The van der Waals surface area contributed by atoms with Crippen molar-refractivity contribution < 1.29 is 4.74 Å². The Morgan fingerprint density at radius 2 is 2.04 bits per heavy atom. The van der Waals surface area contributed by atoms with E-state index in [1.54, 1.807) is 0 Å². The van der Waals surface area contributed by atoms with Crippen LogP contribution in [0, 0.1) is 26.2 Å². The van der Waals surface area contributed by atoms with E-state index in [9.17, 15) is 0 Å². The van der Waals surface area contributed by atoms with Gasteiger partial charge < -0.3 is 4.74 Å². The number of hydrogen-bond donors (Lipinski definition) is 0. The van der Waals surface area contributed by atoms with Crippen molar-refractivity contribution in [2.45, 2.75) is 53.5 Å². The van der Waals surface area contributed by atoms with Gasteiger partial charge in [0.05, 0.1) is 6.61 Å². The van der Waals surface area contributed by atoms with Crippen LogP contribution in [0.3, 0.4) is 0 Å². The van der Waals surface area contributed by atoms with Crippen molar-refractivity contribution in [3.05, 3.63) is 51.0 Å². The van der Waals surface area contributed by atoms with Crippen molar-refractivity contribution in [1.82, 2.24) is 9.88 Å². The van der Waals surface area contributed by atoms with Gasteiger partial charge in [-0.25, -0.2) is 0 Å². The molecule has 0 bridgehead atoms. The zero-order chi connectivity index (χ0) is 18.6. The normalized spacial score (nSPS) is 20.8. The molecule has 0 aromatic carbocycles. The molecule has 0 unspecified atom stereocenters. The fraction of sp³-hybridized carbons (Fsp3) is 0.591. The predicted octanol–water partition coefficient (Wildman–Crippen LogP) is 4.93. The number of hydrogen-bond acceptors (Lipinski definition) is 4. The van der Waals surface area contributed by atoms with Crippen LogP contribution in [0.2, 0.25) is 0 Å². The summed E-state index contributed by atoms with van der Waals surface area (Å²) in [4.78, 5) is 7.23. The van der Waals surface area contributed by atoms with Crippen molar-refractivity contribution in [3.8, 4) is 0 Å². The highest BCUT2D eigenvalue weighted by Gasteiger charge is 2.38. The summed E-state index contributed by atoms with van der Waals surface area (Å²) in [5.41, 5.74) is 6.87. The minimum absolute atomic E-state index is 0.288. The molecular weight excluding hydrogens is 340 g/mol. The Hall–Kier alpha value is -1.23. The minimum atomic E-state index is 0.288. The van der Waals surface area contributed by atoms with E-state index in [4.69, 9.17) is 4.74 Å². The maximum absolute atomic E-state index is 5.92. The number of likely N-dealkylation sites (tertiary alicyclic amines) is 1. The van der Waals surface area contributed by atoms with Gasteiger partial charge in [0.25, 0.3) is 0 Å². The summed E-state index contributed by atoms with van der Waals surface area (Å²) in [5, 5.41) is 4.58. The zero-order valence-electron chi connectivity index (χ0n) is 16.7. The van der Waals surface area contributed by atoms with E-state index in [0.717, 1.165) is 38.5 Å². The number of rotatable bonds is 8. The molecule has 4 heteroatoms. The van der Waals surface area contributed by atoms with Gasteiger partial charge in [0.15, 0.2) is 0 Å². The molecule has 3 rings (SSSR count). The number of thiophene rings is 1. The first-order valence-corrected chi connectivity index (χ1v) is 10.7. The van der Waals surface area contributed by atoms with Crippen LogP contribution in [-0.2, 0) is 17.7 Å². The van der Waals surface area contributed by atoms with E-state index >= 15 is 0 Å². The maximum atomic E-state index is 5.92. The van der Waals surface area contributed by atoms with Gasteiger partial charge in [0.1, 0.15) is 0 Å². The second-order valence-electron chi connectivity index (χ2n) is 7.87. The van der Waals surface area contributed by atoms with Crippen LogP contribution in [0.4, 0.5) is 0 Å². The van der Waals surface area contributed by atoms with E-state index in [1.807, 2.05) is 11.3 Å². The summed E-state index contributed by atoms with van der Waals surface area (Å²) < 4.78 is 5.92. The first-order chi connectivity index (χ1) is 12.5. The molecule has 0 radical (unpaired) electrons. The quantitative estimate of drug-likeness (QED) is 0.657. The van der Waals surface area contributed by atoms with Gasteiger partial charge in [-0.1, -0.05) is 6.07 Å². The topological polar surface area (TPSA) is 25.4 Å². The summed E-state index contributed by atoms with van der Waals surface area (Å²) in [6.07, 6.45) is 3.61. The van der Waals surface area contributed by atoms with Gasteiger partial charge in [-0.05, 0) is 87.0 Å². The third-order valence-corrected chi connectivity index (χ3v) is 6.65. The Kier molecular flexibility index (Phi) is 6.49. The second-order valence-corrected chi connectivity index (χ2v) is 8.62. The molecule has 0 aliphatic carbocycles. The third-order valence-electron chi connectivity index (χ3n) is 5.74. The first kappa shape index (κ1) is 19.5. The molecule has 1 atom stereocenters. The fourth-order valence-corrected chi connectivity index (χ4v) is 4.93. The van der Waals surface area contributed by atoms with E-state index in [-0.39, 0.29) is 5.41 Å². The third kappa shape index (κ3) is 4.73. The van der Waals surface area contributed by atoms with Crippen molar-refractivity contribution in [3.63, 3.8) is 0 Å². The zero-order valence-corrected chi connectivity index (χ0v) is 17.5. The molecule has 2 aromatic rings. The lowest BCUT2D eigenvalue weighted by Gasteiger charge is -2.29. The van der Waals surface area contributed by atoms with Gasteiger partial charge in [0.2, 0.25) is 0 Å². The van der Waals surface area contributed by atoms with Gasteiger partial charge in [0, 0.05) is 36.5 Å². The second kappa shape index (κ2) is 8.64. The highest BCUT2D eigenvalue weighted by atomic mass is 32.1. The highest BCUT2D eigenvalue weighted by Crippen LogP contribution is 2.37. The van der Waals surface area contributed by atoms with Gasteiger partial charge in [-0.3, -0.25) is 9.88 Å². The lowest BCUT2D eigenvalue weighted by Crippen LogP contribution is -2.32. The van der Waals surface area contributed by atoms with Crippen molar-refractivity contribution in [2.24, 2.45) is 5.41 Å². The molecular formula is C22H32N2OS. The number of pyridine rings is 1. The molecule has 26 heavy (non-hydrogen) atoms. The van der Waals surface area contributed by atoms with Crippen LogP contribution in [0.5, 0.6) is 0 Å². The standard InChI is InChI=1S/C22H32N2OS/c1-5-25-16-22(9-8-21-14-26-13-17(21)2)10-11-24(15-22)12-20-7-6-18(3)23-19(20)4/h6-7,13-14H,5,8-12,15-16H2,1-4H3/t22-/m0/s1. The summed E-state index contributed by atoms with van der Waals surface area (Å²) in [5.74, 6) is 0. The summed E-state index contributed by atoms with van der Waals surface area (Å²) in [6.45, 7) is 13.5. The molecule has 1 aliphatic rings. The van der Waals surface area contributed by atoms with Crippen LogP contribution >= 0.6 is 11.3 Å². The van der Waals surface area contributed by atoms with Crippen LogP contribution in [0.15, 0.2) is 22.9 Å². The Morgan fingerprint density at radius 1 is 1.19 bits per heavy atom. The van der Waals surface area contributed by atoms with Crippen LogP contribution in [0.25, 0.3) is 0 Å². The summed E-state index contributed by atoms with van der Waals surface area (Å²) in [7, 11) is 0. The van der Waals surface area contributed by atoms with Gasteiger partial charge in [-0.15, -0.1) is 0 Å². The van der Waals surface area contributed by atoms with Crippen molar-refractivity contribution in [2.75, 3.05) is 26.3 Å². The molecule has 1 fully saturated rings. The van der Waals surface area contributed by atoms with Crippen LogP contribution in [-0.4, -0.2) is 36.2 Å². The monoisotopic (exact) mass is 372 g/mol. The van der Waals surface area contributed by atoms with E-state index in [0.29, 0.717) is 0 Å². The van der Waals surface area contributed by atoms with E-state index < -0.39 is 0 Å². The van der Waals surface area contributed by atoms with Crippen LogP contribution < -0.4 is 0 Å². The predicted molar refractivity (Wildman–Crippen MR) is 110 cm³/mol. The molecule has 3 nitrogen and oxygen atoms in total. The van der Waals surface area contributed by atoms with Crippen LogP contribution in [0.1, 0.15) is 47.8 Å². The maximum Gasteiger partial charge on any atom is 0.0535 e. The Morgan fingerprint density at radius 3 is 2.73 bits per heavy atom. The summed E-state index contributed by atoms with van der Waals surface area (Å²) in [6, 6.07) is 4.38.